The number of urea groups is 1. The lowest BCUT2D eigenvalue weighted by Gasteiger charge is -2.07. The second kappa shape index (κ2) is 6.49. The summed E-state index contributed by atoms with van der Waals surface area (Å²) in [7, 11) is 1.61. The van der Waals surface area contributed by atoms with Crippen LogP contribution in [0.5, 0.6) is 0 Å². The van der Waals surface area contributed by atoms with E-state index < -0.39 is 11.9 Å². The van der Waals surface area contributed by atoms with E-state index in [1.54, 1.807) is 7.11 Å². The normalized spacial score (nSPS) is 9.71. The van der Waals surface area contributed by atoms with E-state index in [0.29, 0.717) is 6.61 Å². The van der Waals surface area contributed by atoms with Crippen LogP contribution in [0.4, 0.5) is 10.5 Å². The minimum Gasteiger partial charge on any atom is -0.380 e. The minimum absolute atomic E-state index is 0.0145. The number of anilines is 1. The third-order valence-corrected chi connectivity index (χ3v) is 1.95. The number of methoxy groups -OCH3 is 1. The Labute approximate surface area is 99.1 Å². The molecule has 0 unspecified atom stereocenters. The van der Waals surface area contributed by atoms with E-state index >= 15 is 0 Å². The average Bonchev–Trinajstić information content (AvgIpc) is 2.26. The predicted molar refractivity (Wildman–Crippen MR) is 63.4 cm³/mol. The number of hydrogen-bond donors (Lipinski definition) is 3. The first-order valence-corrected chi connectivity index (χ1v) is 5.03. The van der Waals surface area contributed by atoms with Gasteiger partial charge in [-0.3, -0.25) is 10.1 Å². The maximum Gasteiger partial charge on any atom is 0.318 e. The molecular formula is C11H15N3O3. The van der Waals surface area contributed by atoms with E-state index in [-0.39, 0.29) is 6.54 Å². The van der Waals surface area contributed by atoms with Gasteiger partial charge in [0.15, 0.2) is 0 Å². The molecule has 0 radical (unpaired) electrons. The van der Waals surface area contributed by atoms with E-state index in [2.05, 4.69) is 5.32 Å². The van der Waals surface area contributed by atoms with Gasteiger partial charge < -0.3 is 15.8 Å². The van der Waals surface area contributed by atoms with E-state index in [1.165, 1.54) is 0 Å². The molecule has 0 saturated carbocycles. The topological polar surface area (TPSA) is 93.4 Å². The molecule has 0 fully saturated rings. The summed E-state index contributed by atoms with van der Waals surface area (Å²) < 4.78 is 4.99. The molecule has 1 aromatic carbocycles. The van der Waals surface area contributed by atoms with Crippen LogP contribution in [0.1, 0.15) is 5.56 Å². The second-order valence-electron chi connectivity index (χ2n) is 3.40. The molecular weight excluding hydrogens is 222 g/mol. The summed E-state index contributed by atoms with van der Waals surface area (Å²) in [4.78, 5) is 21.5. The molecule has 1 aromatic rings. The molecule has 4 N–H and O–H groups in total. The molecule has 92 valence electrons. The number of ether oxygens (including phenoxy) is 1. The SMILES string of the molecule is COCc1cccc(NCC(=O)NC(N)=O)c1. The van der Waals surface area contributed by atoms with Crippen LogP contribution in [-0.4, -0.2) is 25.6 Å². The van der Waals surface area contributed by atoms with Gasteiger partial charge in [-0.2, -0.15) is 0 Å². The summed E-state index contributed by atoms with van der Waals surface area (Å²) in [5, 5.41) is 4.84. The third kappa shape index (κ3) is 4.98. The molecule has 0 aromatic heterocycles. The molecule has 3 amide bonds. The van der Waals surface area contributed by atoms with Crippen LogP contribution in [0.25, 0.3) is 0 Å². The summed E-state index contributed by atoms with van der Waals surface area (Å²) in [5.41, 5.74) is 6.58. The van der Waals surface area contributed by atoms with Crippen molar-refractivity contribution < 1.29 is 14.3 Å². The van der Waals surface area contributed by atoms with Gasteiger partial charge in [-0.05, 0) is 17.7 Å². The van der Waals surface area contributed by atoms with Crippen LogP contribution < -0.4 is 16.4 Å². The highest BCUT2D eigenvalue weighted by molar-refractivity contribution is 5.95. The number of carbonyl (C=O) groups excluding carboxylic acids is 2. The minimum atomic E-state index is -0.857. The number of nitrogens with one attached hydrogen (secondary N) is 2. The first-order valence-electron chi connectivity index (χ1n) is 5.03. The van der Waals surface area contributed by atoms with E-state index in [0.717, 1.165) is 11.3 Å². The first kappa shape index (κ1) is 13.0. The third-order valence-electron chi connectivity index (χ3n) is 1.95. The Balaban J connectivity index is 2.48. The fourth-order valence-corrected chi connectivity index (χ4v) is 1.30. The van der Waals surface area contributed by atoms with Gasteiger partial charge in [0.05, 0.1) is 13.2 Å². The fourth-order valence-electron chi connectivity index (χ4n) is 1.30. The number of imide groups is 1. The number of nitrogens with two attached hydrogens (primary N) is 1. The quantitative estimate of drug-likeness (QED) is 0.692. The number of amides is 3. The zero-order valence-electron chi connectivity index (χ0n) is 9.53. The van der Waals surface area contributed by atoms with Crippen LogP contribution in [0.3, 0.4) is 0 Å². The van der Waals surface area contributed by atoms with Crippen LogP contribution in [0, 0.1) is 0 Å². The zero-order chi connectivity index (χ0) is 12.7. The lowest BCUT2D eigenvalue weighted by Crippen LogP contribution is -2.38. The molecule has 0 bridgehead atoms. The number of primary amides is 1. The van der Waals surface area contributed by atoms with Gasteiger partial charge in [-0.15, -0.1) is 0 Å². The van der Waals surface area contributed by atoms with Gasteiger partial charge >= 0.3 is 6.03 Å². The molecule has 6 heteroatoms. The Hall–Kier alpha value is -2.08. The summed E-state index contributed by atoms with van der Waals surface area (Å²) >= 11 is 0. The Morgan fingerprint density at radius 2 is 2.18 bits per heavy atom. The van der Waals surface area contributed by atoms with Crippen molar-refractivity contribution >= 4 is 17.6 Å². The summed E-state index contributed by atoms with van der Waals surface area (Å²) in [6, 6.07) is 6.59. The monoisotopic (exact) mass is 237 g/mol. The number of benzene rings is 1. The second-order valence-corrected chi connectivity index (χ2v) is 3.40. The van der Waals surface area contributed by atoms with E-state index in [4.69, 9.17) is 10.5 Å². The van der Waals surface area contributed by atoms with E-state index in [9.17, 15) is 9.59 Å². The molecule has 1 rings (SSSR count). The van der Waals surface area contributed by atoms with Crippen molar-refractivity contribution in [2.24, 2.45) is 5.73 Å². The Morgan fingerprint density at radius 3 is 2.82 bits per heavy atom. The lowest BCUT2D eigenvalue weighted by molar-refractivity contribution is -0.118. The molecule has 6 nitrogen and oxygen atoms in total. The van der Waals surface area contributed by atoms with Gasteiger partial charge in [0, 0.05) is 12.8 Å². The molecule has 17 heavy (non-hydrogen) atoms. The van der Waals surface area contributed by atoms with Gasteiger partial charge in [-0.25, -0.2) is 4.79 Å². The molecule has 0 heterocycles. The summed E-state index contributed by atoms with van der Waals surface area (Å²) in [6.07, 6.45) is 0. The fraction of sp³-hybridized carbons (Fsp3) is 0.273. The maximum absolute atomic E-state index is 11.1. The highest BCUT2D eigenvalue weighted by Crippen LogP contribution is 2.10. The van der Waals surface area contributed by atoms with Crippen molar-refractivity contribution in [1.82, 2.24) is 5.32 Å². The molecule has 0 aliphatic rings. The van der Waals surface area contributed by atoms with Crippen LogP contribution >= 0.6 is 0 Å². The molecule has 0 atom stereocenters. The van der Waals surface area contributed by atoms with Crippen LogP contribution in [0.15, 0.2) is 24.3 Å². The van der Waals surface area contributed by atoms with Gasteiger partial charge in [-0.1, -0.05) is 12.1 Å². The van der Waals surface area contributed by atoms with Crippen molar-refractivity contribution in [3.63, 3.8) is 0 Å². The first-order chi connectivity index (χ1) is 8.11. The van der Waals surface area contributed by atoms with Crippen molar-refractivity contribution in [2.45, 2.75) is 6.61 Å². The molecule has 0 aliphatic carbocycles. The van der Waals surface area contributed by atoms with Crippen LogP contribution in [0.2, 0.25) is 0 Å². The Bertz CT molecular complexity index is 407. The lowest BCUT2D eigenvalue weighted by atomic mass is 10.2. The number of rotatable bonds is 5. The van der Waals surface area contributed by atoms with E-state index in [1.807, 2.05) is 29.6 Å². The Kier molecular flexibility index (Phi) is 4.96. The standard InChI is InChI=1S/C11H15N3O3/c1-17-7-8-3-2-4-9(5-8)13-6-10(15)14-11(12)16/h2-5,13H,6-7H2,1H3,(H3,12,14,15,16). The Morgan fingerprint density at radius 1 is 1.41 bits per heavy atom. The highest BCUT2D eigenvalue weighted by atomic mass is 16.5. The van der Waals surface area contributed by atoms with Crippen molar-refractivity contribution in [3.05, 3.63) is 29.8 Å². The van der Waals surface area contributed by atoms with Gasteiger partial charge in [0.25, 0.3) is 0 Å². The van der Waals surface area contributed by atoms with Crippen LogP contribution in [-0.2, 0) is 16.1 Å². The summed E-state index contributed by atoms with van der Waals surface area (Å²) in [6.45, 7) is 0.488. The molecule has 0 spiro atoms. The van der Waals surface area contributed by atoms with Crippen molar-refractivity contribution in [1.29, 1.82) is 0 Å². The maximum atomic E-state index is 11.1. The predicted octanol–water partition coefficient (Wildman–Crippen LogP) is 0.440. The smallest absolute Gasteiger partial charge is 0.318 e. The number of hydrogen-bond acceptors (Lipinski definition) is 4. The zero-order valence-corrected chi connectivity index (χ0v) is 9.53. The largest absolute Gasteiger partial charge is 0.380 e. The number of carbonyl (C=O) groups is 2. The highest BCUT2D eigenvalue weighted by Gasteiger charge is 2.03. The van der Waals surface area contributed by atoms with Crippen molar-refractivity contribution in [2.75, 3.05) is 19.0 Å². The molecule has 0 aliphatic heterocycles. The van der Waals surface area contributed by atoms with Gasteiger partial charge in [0.2, 0.25) is 5.91 Å². The van der Waals surface area contributed by atoms with Gasteiger partial charge in [0.1, 0.15) is 0 Å². The van der Waals surface area contributed by atoms with Crippen molar-refractivity contribution in [3.8, 4) is 0 Å². The average molecular weight is 237 g/mol. The molecule has 0 saturated heterocycles. The summed E-state index contributed by atoms with van der Waals surface area (Å²) in [5.74, 6) is -0.477.